The van der Waals surface area contributed by atoms with E-state index in [1.165, 1.54) is 18.4 Å². The number of carbonyl (C=O) groups excluding carboxylic acids is 1. The van der Waals surface area contributed by atoms with Crippen molar-refractivity contribution in [2.24, 2.45) is 0 Å². The maximum Gasteiger partial charge on any atom is 0.242 e. The number of thioether (sulfide) groups is 1. The summed E-state index contributed by atoms with van der Waals surface area (Å²) in [6.45, 7) is 0. The number of thiocarbonyl (C=S) groups is 1. The van der Waals surface area contributed by atoms with Crippen molar-refractivity contribution in [1.29, 1.82) is 0 Å². The fourth-order valence-corrected chi connectivity index (χ4v) is 2.55. The fourth-order valence-electron chi connectivity index (χ4n) is 1.60. The third kappa shape index (κ3) is 1.41. The molecule has 64 valence electrons. The Morgan fingerprint density at radius 3 is 2.50 bits per heavy atom. The first kappa shape index (κ1) is 8.26. The minimum absolute atomic E-state index is 0.108. The van der Waals surface area contributed by atoms with Crippen LogP contribution in [0.1, 0.15) is 25.7 Å². The topological polar surface area (TPSA) is 29.1 Å². The van der Waals surface area contributed by atoms with Gasteiger partial charge in [-0.1, -0.05) is 12.2 Å². The third-order valence-electron chi connectivity index (χ3n) is 2.18. The van der Waals surface area contributed by atoms with Gasteiger partial charge < -0.3 is 5.32 Å². The van der Waals surface area contributed by atoms with E-state index < -0.39 is 0 Å². The Morgan fingerprint density at radius 2 is 2.00 bits per heavy atom. The first-order valence-corrected chi connectivity index (χ1v) is 5.25. The predicted molar refractivity (Wildman–Crippen MR) is 53.8 cm³/mol. The van der Waals surface area contributed by atoms with Crippen LogP contribution >= 0.6 is 24.0 Å². The molecule has 1 aliphatic heterocycles. The molecule has 0 bridgehead atoms. The van der Waals surface area contributed by atoms with Gasteiger partial charge in [0.05, 0.1) is 5.70 Å². The minimum atomic E-state index is 0.108. The van der Waals surface area contributed by atoms with E-state index in [1.54, 1.807) is 0 Å². The van der Waals surface area contributed by atoms with Crippen molar-refractivity contribution >= 4 is 33.4 Å². The molecule has 1 saturated heterocycles. The molecule has 4 heteroatoms. The van der Waals surface area contributed by atoms with Crippen LogP contribution in [-0.2, 0) is 4.79 Å². The molecule has 1 aliphatic carbocycles. The second kappa shape index (κ2) is 3.18. The van der Waals surface area contributed by atoms with E-state index >= 15 is 0 Å². The molecule has 1 saturated carbocycles. The molecule has 2 aliphatic rings. The minimum Gasteiger partial charge on any atom is -0.337 e. The Balaban J connectivity index is 2.27. The van der Waals surface area contributed by atoms with E-state index in [4.69, 9.17) is 12.2 Å². The largest absolute Gasteiger partial charge is 0.337 e. The van der Waals surface area contributed by atoms with Crippen LogP contribution in [0.3, 0.4) is 0 Å². The molecule has 2 nitrogen and oxygen atoms in total. The van der Waals surface area contributed by atoms with E-state index in [9.17, 15) is 4.79 Å². The van der Waals surface area contributed by atoms with Crippen LogP contribution in [0.25, 0.3) is 0 Å². The zero-order valence-electron chi connectivity index (χ0n) is 6.55. The van der Waals surface area contributed by atoms with Crippen molar-refractivity contribution in [2.75, 3.05) is 0 Å². The lowest BCUT2D eigenvalue weighted by Gasteiger charge is -2.00. The molecule has 2 rings (SSSR count). The summed E-state index contributed by atoms with van der Waals surface area (Å²) in [5.74, 6) is 0. The number of rotatable bonds is 0. The normalized spacial score (nSPS) is 23.7. The summed E-state index contributed by atoms with van der Waals surface area (Å²) >= 11 is 6.04. The second-order valence-electron chi connectivity index (χ2n) is 2.99. The van der Waals surface area contributed by atoms with Crippen molar-refractivity contribution < 1.29 is 4.79 Å². The van der Waals surface area contributed by atoms with E-state index in [1.807, 2.05) is 0 Å². The fraction of sp³-hybridized carbons (Fsp3) is 0.500. The summed E-state index contributed by atoms with van der Waals surface area (Å²) in [5.41, 5.74) is 2.05. The van der Waals surface area contributed by atoms with Gasteiger partial charge in [0, 0.05) is 0 Å². The quantitative estimate of drug-likeness (QED) is 0.477. The third-order valence-corrected chi connectivity index (χ3v) is 3.21. The maximum absolute atomic E-state index is 11.3. The predicted octanol–water partition coefficient (Wildman–Crippen LogP) is 1.96. The van der Waals surface area contributed by atoms with Crippen molar-refractivity contribution in [3.8, 4) is 0 Å². The average Bonchev–Trinajstić information content (AvgIpc) is 2.58. The van der Waals surface area contributed by atoms with Crippen LogP contribution in [0.5, 0.6) is 0 Å². The first-order chi connectivity index (χ1) is 5.77. The van der Waals surface area contributed by atoms with Gasteiger partial charge in [-0.25, -0.2) is 0 Å². The molecule has 0 radical (unpaired) electrons. The Morgan fingerprint density at radius 1 is 1.33 bits per heavy atom. The van der Waals surface area contributed by atoms with Gasteiger partial charge in [0.1, 0.15) is 4.32 Å². The lowest BCUT2D eigenvalue weighted by Crippen LogP contribution is -2.12. The van der Waals surface area contributed by atoms with Gasteiger partial charge in [-0.2, -0.15) is 0 Å². The second-order valence-corrected chi connectivity index (χ2v) is 4.64. The van der Waals surface area contributed by atoms with Gasteiger partial charge in [0.25, 0.3) is 0 Å². The van der Waals surface area contributed by atoms with Gasteiger partial charge in [-0.3, -0.25) is 4.79 Å². The van der Waals surface area contributed by atoms with Gasteiger partial charge >= 0.3 is 0 Å². The zero-order chi connectivity index (χ0) is 8.55. The maximum atomic E-state index is 11.3. The van der Waals surface area contributed by atoms with E-state index in [0.717, 1.165) is 30.3 Å². The van der Waals surface area contributed by atoms with Crippen LogP contribution in [0, 0.1) is 0 Å². The summed E-state index contributed by atoms with van der Waals surface area (Å²) in [7, 11) is 0. The van der Waals surface area contributed by atoms with Gasteiger partial charge in [-0.05, 0) is 43.0 Å². The SMILES string of the molecule is O=C1SC(=S)NC1=C1CCCC1. The van der Waals surface area contributed by atoms with Crippen LogP contribution in [0.4, 0.5) is 0 Å². The lowest BCUT2D eigenvalue weighted by atomic mass is 10.2. The first-order valence-electron chi connectivity index (χ1n) is 4.02. The van der Waals surface area contributed by atoms with Crippen molar-refractivity contribution in [1.82, 2.24) is 5.32 Å². The summed E-state index contributed by atoms with van der Waals surface area (Å²) in [6, 6.07) is 0. The Bertz CT molecular complexity index is 275. The molecule has 0 amide bonds. The zero-order valence-corrected chi connectivity index (χ0v) is 8.19. The monoisotopic (exact) mass is 199 g/mol. The van der Waals surface area contributed by atoms with E-state index in [0.29, 0.717) is 4.32 Å². The molecule has 0 unspecified atom stereocenters. The Hall–Kier alpha value is -0.350. The van der Waals surface area contributed by atoms with Crippen molar-refractivity contribution in [2.45, 2.75) is 25.7 Å². The Labute approximate surface area is 80.8 Å². The molecule has 0 aromatic heterocycles. The molecule has 2 fully saturated rings. The van der Waals surface area contributed by atoms with Crippen molar-refractivity contribution in [3.05, 3.63) is 11.3 Å². The molecular weight excluding hydrogens is 190 g/mol. The lowest BCUT2D eigenvalue weighted by molar-refractivity contribution is -0.107. The van der Waals surface area contributed by atoms with Crippen molar-refractivity contribution in [3.63, 3.8) is 0 Å². The number of allylic oxidation sites excluding steroid dienone is 1. The molecule has 0 atom stereocenters. The highest BCUT2D eigenvalue weighted by atomic mass is 32.2. The molecular formula is C8H9NOS2. The highest BCUT2D eigenvalue weighted by Gasteiger charge is 2.26. The molecule has 0 aromatic rings. The molecule has 1 heterocycles. The van der Waals surface area contributed by atoms with E-state index in [2.05, 4.69) is 5.32 Å². The molecule has 0 aromatic carbocycles. The smallest absolute Gasteiger partial charge is 0.242 e. The Kier molecular flexibility index (Phi) is 2.19. The molecule has 12 heavy (non-hydrogen) atoms. The van der Waals surface area contributed by atoms with Gasteiger partial charge in [0.15, 0.2) is 0 Å². The average molecular weight is 199 g/mol. The number of hydrogen-bond acceptors (Lipinski definition) is 3. The highest BCUT2D eigenvalue weighted by Crippen LogP contribution is 2.31. The van der Waals surface area contributed by atoms with Gasteiger partial charge in [0.2, 0.25) is 5.12 Å². The molecule has 1 N–H and O–H groups in total. The van der Waals surface area contributed by atoms with Crippen LogP contribution < -0.4 is 5.32 Å². The number of hydrogen-bond donors (Lipinski definition) is 1. The highest BCUT2D eigenvalue weighted by molar-refractivity contribution is 8.33. The van der Waals surface area contributed by atoms with Crippen LogP contribution in [0.2, 0.25) is 0 Å². The van der Waals surface area contributed by atoms with E-state index in [-0.39, 0.29) is 5.12 Å². The van der Waals surface area contributed by atoms with Crippen LogP contribution in [0.15, 0.2) is 11.3 Å². The standard InChI is InChI=1S/C8H9NOS2/c10-7-6(9-8(11)12-7)5-3-1-2-4-5/h1-4H2,(H,9,11). The molecule has 0 spiro atoms. The van der Waals surface area contributed by atoms with Gasteiger partial charge in [-0.15, -0.1) is 0 Å². The summed E-state index contributed by atoms with van der Waals surface area (Å²) < 4.78 is 0.606. The summed E-state index contributed by atoms with van der Waals surface area (Å²) in [4.78, 5) is 11.3. The summed E-state index contributed by atoms with van der Waals surface area (Å²) in [6.07, 6.45) is 4.56. The summed E-state index contributed by atoms with van der Waals surface area (Å²) in [5, 5.41) is 3.08. The number of carbonyl (C=O) groups is 1. The van der Waals surface area contributed by atoms with Crippen LogP contribution in [-0.4, -0.2) is 9.44 Å². The number of nitrogens with one attached hydrogen (secondary N) is 1.